The second-order valence-corrected chi connectivity index (χ2v) is 10.6. The van der Waals surface area contributed by atoms with Crippen LogP contribution in [-0.2, 0) is 16.6 Å². The molecule has 0 spiro atoms. The van der Waals surface area contributed by atoms with E-state index >= 15 is 0 Å². The zero-order valence-electron chi connectivity index (χ0n) is 18.6. The molecule has 0 aliphatic carbocycles. The Bertz CT molecular complexity index is 1420. The van der Waals surface area contributed by atoms with Gasteiger partial charge in [-0.3, -0.25) is 0 Å². The quantitative estimate of drug-likeness (QED) is 0.437. The lowest BCUT2D eigenvalue weighted by Gasteiger charge is -2.31. The first-order chi connectivity index (χ1) is 16.4. The van der Waals surface area contributed by atoms with E-state index in [2.05, 4.69) is 25.3 Å². The van der Waals surface area contributed by atoms with E-state index in [4.69, 9.17) is 11.6 Å². The number of fused-ring (bicyclic) bond motifs is 1. The fourth-order valence-corrected chi connectivity index (χ4v) is 5.53. The molecule has 176 valence electrons. The molecule has 4 aromatic rings. The average Bonchev–Trinajstić information content (AvgIpc) is 3.28. The first-order valence-corrected chi connectivity index (χ1v) is 12.7. The summed E-state index contributed by atoms with van der Waals surface area (Å²) in [5.74, 6) is 0.646. The molecule has 0 bridgehead atoms. The molecule has 1 fully saturated rings. The largest absolute Gasteiger partial charge is 0.365 e. The molecule has 34 heavy (non-hydrogen) atoms. The molecular formula is C23H24ClN7O2S. The highest BCUT2D eigenvalue weighted by atomic mass is 35.5. The summed E-state index contributed by atoms with van der Waals surface area (Å²) >= 11 is 6.12. The highest BCUT2D eigenvalue weighted by molar-refractivity contribution is 7.89. The molecule has 1 N–H and O–H groups in total. The number of likely N-dealkylation sites (N-methyl/N-ethyl adjacent to an activating group) is 1. The Balaban J connectivity index is 1.31. The molecule has 2 aromatic carbocycles. The number of piperazine rings is 1. The maximum absolute atomic E-state index is 12.9. The van der Waals surface area contributed by atoms with Crippen LogP contribution >= 0.6 is 11.6 Å². The fourth-order valence-electron chi connectivity index (χ4n) is 3.92. The Labute approximate surface area is 203 Å². The number of aromatic nitrogens is 4. The van der Waals surface area contributed by atoms with Crippen LogP contribution in [0.25, 0.3) is 16.7 Å². The van der Waals surface area contributed by atoms with E-state index in [1.165, 1.54) is 6.33 Å². The number of nitrogens with zero attached hydrogens (tertiary/aromatic N) is 6. The Morgan fingerprint density at radius 2 is 1.79 bits per heavy atom. The third-order valence-corrected chi connectivity index (χ3v) is 8.05. The van der Waals surface area contributed by atoms with Crippen LogP contribution in [0.2, 0.25) is 5.02 Å². The highest BCUT2D eigenvalue weighted by Gasteiger charge is 2.27. The maximum atomic E-state index is 12.9. The Morgan fingerprint density at radius 3 is 2.53 bits per heavy atom. The lowest BCUT2D eigenvalue weighted by Crippen LogP contribution is -2.46. The first-order valence-electron chi connectivity index (χ1n) is 10.9. The van der Waals surface area contributed by atoms with Crippen LogP contribution in [0.15, 0.2) is 66.0 Å². The predicted molar refractivity (Wildman–Crippen MR) is 132 cm³/mol. The average molecular weight is 498 g/mol. The van der Waals surface area contributed by atoms with Crippen molar-refractivity contribution in [1.29, 1.82) is 0 Å². The van der Waals surface area contributed by atoms with Gasteiger partial charge >= 0.3 is 0 Å². The number of benzene rings is 2. The molecule has 0 saturated carbocycles. The maximum Gasteiger partial charge on any atom is 0.243 e. The van der Waals surface area contributed by atoms with Gasteiger partial charge in [0.25, 0.3) is 0 Å². The molecule has 1 aliphatic heterocycles. The second kappa shape index (κ2) is 9.30. The van der Waals surface area contributed by atoms with Crippen LogP contribution in [0.5, 0.6) is 0 Å². The molecule has 3 heterocycles. The summed E-state index contributed by atoms with van der Waals surface area (Å²) in [6.07, 6.45) is 3.20. The monoisotopic (exact) mass is 497 g/mol. The number of hydrogen-bond donors (Lipinski definition) is 1. The Kier molecular flexibility index (Phi) is 6.22. The van der Waals surface area contributed by atoms with Crippen molar-refractivity contribution in [1.82, 2.24) is 29.0 Å². The van der Waals surface area contributed by atoms with E-state index in [9.17, 15) is 8.42 Å². The molecule has 0 unspecified atom stereocenters. The topological polar surface area (TPSA) is 96.2 Å². The van der Waals surface area contributed by atoms with Crippen molar-refractivity contribution in [3.05, 3.63) is 71.6 Å². The fraction of sp³-hybridized carbons (Fsp3) is 0.261. The summed E-state index contributed by atoms with van der Waals surface area (Å²) in [6.45, 7) is 2.97. The number of rotatable bonds is 6. The molecule has 1 aliphatic rings. The minimum absolute atomic E-state index is 0.313. The van der Waals surface area contributed by atoms with Crippen molar-refractivity contribution in [3.63, 3.8) is 0 Å². The van der Waals surface area contributed by atoms with Crippen LogP contribution in [0.3, 0.4) is 0 Å². The van der Waals surface area contributed by atoms with Gasteiger partial charge in [-0.25, -0.2) is 23.1 Å². The van der Waals surface area contributed by atoms with E-state index < -0.39 is 10.0 Å². The normalized spacial score (nSPS) is 15.6. The smallest absolute Gasteiger partial charge is 0.243 e. The second-order valence-electron chi connectivity index (χ2n) is 8.20. The molecular weight excluding hydrogens is 474 g/mol. The van der Waals surface area contributed by atoms with Crippen molar-refractivity contribution in [2.24, 2.45) is 0 Å². The SMILES string of the molecule is CN1CCN(S(=O)(=O)c2ccc(CNc3ncnc4c3cnn4-c3cccc(Cl)c3)cc2)CC1. The van der Waals surface area contributed by atoms with Crippen LogP contribution in [0.1, 0.15) is 5.56 Å². The number of halogens is 1. The van der Waals surface area contributed by atoms with Gasteiger partial charge in [0.05, 0.1) is 22.2 Å². The van der Waals surface area contributed by atoms with Gasteiger partial charge in [-0.2, -0.15) is 9.40 Å². The van der Waals surface area contributed by atoms with Crippen molar-refractivity contribution < 1.29 is 8.42 Å². The van der Waals surface area contributed by atoms with E-state index in [0.717, 1.165) is 29.7 Å². The summed E-state index contributed by atoms with van der Waals surface area (Å²) in [4.78, 5) is 11.2. The number of sulfonamides is 1. The van der Waals surface area contributed by atoms with Gasteiger partial charge in [-0.05, 0) is 42.9 Å². The molecule has 0 amide bonds. The van der Waals surface area contributed by atoms with Crippen LogP contribution in [-0.4, -0.2) is 70.6 Å². The lowest BCUT2D eigenvalue weighted by molar-refractivity contribution is 0.222. The lowest BCUT2D eigenvalue weighted by atomic mass is 10.2. The number of hydrogen-bond acceptors (Lipinski definition) is 7. The first kappa shape index (κ1) is 22.7. The Morgan fingerprint density at radius 1 is 1.03 bits per heavy atom. The predicted octanol–water partition coefficient (Wildman–Crippen LogP) is 3.02. The van der Waals surface area contributed by atoms with Gasteiger partial charge in [0.2, 0.25) is 10.0 Å². The molecule has 1 saturated heterocycles. The van der Waals surface area contributed by atoms with Gasteiger partial charge < -0.3 is 10.2 Å². The highest BCUT2D eigenvalue weighted by Crippen LogP contribution is 2.24. The van der Waals surface area contributed by atoms with E-state index in [-0.39, 0.29) is 0 Å². The Hall–Kier alpha value is -3.05. The third-order valence-electron chi connectivity index (χ3n) is 5.90. The van der Waals surface area contributed by atoms with Crippen LogP contribution < -0.4 is 5.32 Å². The standard InChI is InChI=1S/C23H24ClN7O2S/c1-29-9-11-30(12-10-29)34(32,33)20-7-5-17(6-8-20)14-25-22-21-15-28-31(23(21)27-16-26-22)19-4-2-3-18(24)13-19/h2-8,13,15-16H,9-12,14H2,1H3,(H,25,26,27). The number of anilines is 1. The molecule has 9 nitrogen and oxygen atoms in total. The summed E-state index contributed by atoms with van der Waals surface area (Å²) < 4.78 is 29.1. The van der Waals surface area contributed by atoms with Gasteiger partial charge in [-0.15, -0.1) is 0 Å². The molecule has 11 heteroatoms. The van der Waals surface area contributed by atoms with E-state index in [1.807, 2.05) is 37.4 Å². The van der Waals surface area contributed by atoms with Crippen molar-refractivity contribution in [3.8, 4) is 5.69 Å². The van der Waals surface area contributed by atoms with Crippen LogP contribution in [0.4, 0.5) is 5.82 Å². The summed E-state index contributed by atoms with van der Waals surface area (Å²) in [5, 5.41) is 9.15. The summed E-state index contributed by atoms with van der Waals surface area (Å²) in [7, 11) is -1.48. The number of nitrogens with one attached hydrogen (secondary N) is 1. The van der Waals surface area contributed by atoms with E-state index in [0.29, 0.717) is 41.0 Å². The minimum Gasteiger partial charge on any atom is -0.365 e. The zero-order valence-corrected chi connectivity index (χ0v) is 20.2. The van der Waals surface area contributed by atoms with Crippen molar-refractivity contribution in [2.75, 3.05) is 38.5 Å². The van der Waals surface area contributed by atoms with Crippen molar-refractivity contribution >= 4 is 38.5 Å². The van der Waals surface area contributed by atoms with Gasteiger partial charge in [0.1, 0.15) is 12.1 Å². The molecule has 0 radical (unpaired) electrons. The third kappa shape index (κ3) is 4.49. The van der Waals surface area contributed by atoms with Crippen molar-refractivity contribution in [2.45, 2.75) is 11.4 Å². The van der Waals surface area contributed by atoms with Gasteiger partial charge in [0.15, 0.2) is 5.65 Å². The van der Waals surface area contributed by atoms with Gasteiger partial charge in [-0.1, -0.05) is 29.8 Å². The van der Waals surface area contributed by atoms with Gasteiger partial charge in [0, 0.05) is 37.7 Å². The van der Waals surface area contributed by atoms with E-state index in [1.54, 1.807) is 33.4 Å². The molecule has 2 aromatic heterocycles. The zero-order chi connectivity index (χ0) is 23.7. The summed E-state index contributed by atoms with van der Waals surface area (Å²) in [5.41, 5.74) is 2.41. The summed E-state index contributed by atoms with van der Waals surface area (Å²) in [6, 6.07) is 14.4. The van der Waals surface area contributed by atoms with Crippen LogP contribution in [0, 0.1) is 0 Å². The minimum atomic E-state index is -3.48. The molecule has 0 atom stereocenters. The molecule has 5 rings (SSSR count).